The summed E-state index contributed by atoms with van der Waals surface area (Å²) in [5.74, 6) is -0.421. The molecule has 2 aliphatic rings. The number of esters is 1. The van der Waals surface area contributed by atoms with Crippen molar-refractivity contribution in [3.8, 4) is 0 Å². The molecule has 2 rings (SSSR count). The van der Waals surface area contributed by atoms with E-state index in [0.29, 0.717) is 13.0 Å². The molecule has 7 N–H and O–H groups in total. The van der Waals surface area contributed by atoms with E-state index in [9.17, 15) is 40.5 Å². The molecule has 0 bridgehead atoms. The van der Waals surface area contributed by atoms with Crippen molar-refractivity contribution in [3.63, 3.8) is 0 Å². The zero-order valence-corrected chi connectivity index (χ0v) is 34.8. The average molecular weight is 827 g/mol. The van der Waals surface area contributed by atoms with Gasteiger partial charge < -0.3 is 64.2 Å². The summed E-state index contributed by atoms with van der Waals surface area (Å²) >= 11 is 0. The van der Waals surface area contributed by atoms with Gasteiger partial charge in [0.05, 0.1) is 26.4 Å². The minimum absolute atomic E-state index is 0.0444. The highest BCUT2D eigenvalue weighted by atomic mass is 16.7. The van der Waals surface area contributed by atoms with Gasteiger partial charge in [-0.15, -0.1) is 0 Å². The van der Waals surface area contributed by atoms with E-state index in [4.69, 9.17) is 28.4 Å². The van der Waals surface area contributed by atoms with E-state index in [1.165, 1.54) is 6.42 Å². The molecule has 0 radical (unpaired) electrons. The summed E-state index contributed by atoms with van der Waals surface area (Å²) in [5, 5.41) is 71.4. The standard InChI is InChI=1S/C44H74O14/c1-3-5-7-8-9-10-11-12-13-14-15-16-17-18-19-20-21-22-23-24-25-26-28-53-30-33(56-36(46)27-6-4-2)31-54-43-42(52)40(50)38(48)35(58-43)32-55-44-41(51)39(49)37(47)34(29-45)57-44/h5,7,9-10,12-13,15-16,18-19,33-35,37-45,47-52H,3-4,6,8,11,14,17,20-32H2,1-2H3/b7-5-,10-9-,13-12-,16-15-,19-18-. The quantitative estimate of drug-likeness (QED) is 0.0296. The van der Waals surface area contributed by atoms with E-state index in [-0.39, 0.29) is 19.6 Å². The molecule has 14 heteroatoms. The fourth-order valence-electron chi connectivity index (χ4n) is 6.23. The van der Waals surface area contributed by atoms with Gasteiger partial charge in [0.1, 0.15) is 54.9 Å². The van der Waals surface area contributed by atoms with Crippen molar-refractivity contribution in [3.05, 3.63) is 60.8 Å². The van der Waals surface area contributed by atoms with Gasteiger partial charge in [0.25, 0.3) is 0 Å². The Morgan fingerprint density at radius 2 is 1.10 bits per heavy atom. The molecular weight excluding hydrogens is 752 g/mol. The Bertz CT molecular complexity index is 1190. The largest absolute Gasteiger partial charge is 0.457 e. The molecule has 0 aromatic heterocycles. The normalized spacial score (nSPS) is 28.8. The number of allylic oxidation sites excluding steroid dienone is 10. The van der Waals surface area contributed by atoms with Crippen LogP contribution >= 0.6 is 0 Å². The predicted molar refractivity (Wildman–Crippen MR) is 219 cm³/mol. The van der Waals surface area contributed by atoms with E-state index >= 15 is 0 Å². The lowest BCUT2D eigenvalue weighted by Gasteiger charge is -2.42. The molecule has 58 heavy (non-hydrogen) atoms. The first-order valence-electron chi connectivity index (χ1n) is 21.4. The van der Waals surface area contributed by atoms with Crippen molar-refractivity contribution in [2.45, 2.75) is 178 Å². The molecule has 2 saturated heterocycles. The van der Waals surface area contributed by atoms with Crippen molar-refractivity contribution in [2.75, 3.05) is 33.0 Å². The zero-order chi connectivity index (χ0) is 42.4. The zero-order valence-electron chi connectivity index (χ0n) is 34.8. The van der Waals surface area contributed by atoms with Crippen LogP contribution in [0.4, 0.5) is 0 Å². The number of ether oxygens (including phenoxy) is 6. The van der Waals surface area contributed by atoms with Crippen LogP contribution in [0.2, 0.25) is 0 Å². The van der Waals surface area contributed by atoms with Crippen LogP contribution in [0.15, 0.2) is 60.8 Å². The maximum Gasteiger partial charge on any atom is 0.306 e. The Morgan fingerprint density at radius 3 is 1.69 bits per heavy atom. The summed E-state index contributed by atoms with van der Waals surface area (Å²) in [6, 6.07) is 0. The van der Waals surface area contributed by atoms with E-state index in [1.807, 2.05) is 6.92 Å². The molecular formula is C44H74O14. The molecule has 11 unspecified atom stereocenters. The average Bonchev–Trinajstić information content (AvgIpc) is 3.22. The highest BCUT2D eigenvalue weighted by molar-refractivity contribution is 5.69. The van der Waals surface area contributed by atoms with Crippen LogP contribution in [0.5, 0.6) is 0 Å². The number of unbranched alkanes of at least 4 members (excludes halogenated alkanes) is 7. The third kappa shape index (κ3) is 21.3. The Labute approximate surface area is 345 Å². The SMILES string of the molecule is CC/C=C\C/C=C\C/C=C\C/C=C\C/C=C\CCCCCCCCOCC(COC1OC(COC2OC(CO)C(O)C(O)C2O)C(O)C(O)C1O)OC(=O)CCCC. The van der Waals surface area contributed by atoms with Gasteiger partial charge in [-0.2, -0.15) is 0 Å². The fourth-order valence-corrected chi connectivity index (χ4v) is 6.23. The van der Waals surface area contributed by atoms with Gasteiger partial charge in [-0.05, 0) is 57.8 Å². The van der Waals surface area contributed by atoms with Gasteiger partial charge >= 0.3 is 5.97 Å². The Hall–Kier alpha value is -2.31. The molecule has 2 aliphatic heterocycles. The molecule has 0 aromatic carbocycles. The van der Waals surface area contributed by atoms with Crippen LogP contribution in [0.3, 0.4) is 0 Å². The molecule has 334 valence electrons. The monoisotopic (exact) mass is 827 g/mol. The van der Waals surface area contributed by atoms with Crippen LogP contribution < -0.4 is 0 Å². The maximum absolute atomic E-state index is 12.5. The van der Waals surface area contributed by atoms with Crippen LogP contribution in [-0.4, -0.2) is 142 Å². The third-order valence-electron chi connectivity index (χ3n) is 9.79. The summed E-state index contributed by atoms with van der Waals surface area (Å²) in [7, 11) is 0. The van der Waals surface area contributed by atoms with Gasteiger partial charge in [0.2, 0.25) is 0 Å². The number of rotatable bonds is 31. The Kier molecular flexibility index (Phi) is 29.0. The predicted octanol–water partition coefficient (Wildman–Crippen LogP) is 4.23. The lowest BCUT2D eigenvalue weighted by atomic mass is 9.98. The maximum atomic E-state index is 12.5. The summed E-state index contributed by atoms with van der Waals surface area (Å²) < 4.78 is 33.7. The van der Waals surface area contributed by atoms with E-state index in [1.54, 1.807) is 0 Å². The lowest BCUT2D eigenvalue weighted by Crippen LogP contribution is -2.61. The van der Waals surface area contributed by atoms with Crippen LogP contribution in [0.1, 0.15) is 110 Å². The van der Waals surface area contributed by atoms with Crippen molar-refractivity contribution >= 4 is 5.97 Å². The van der Waals surface area contributed by atoms with Gasteiger partial charge in [0, 0.05) is 13.0 Å². The molecule has 14 nitrogen and oxygen atoms in total. The van der Waals surface area contributed by atoms with Crippen molar-refractivity contribution < 1.29 is 69.0 Å². The van der Waals surface area contributed by atoms with Crippen LogP contribution in [0.25, 0.3) is 0 Å². The summed E-state index contributed by atoms with van der Waals surface area (Å²) in [5.41, 5.74) is 0. The van der Waals surface area contributed by atoms with E-state index < -0.39 is 86.7 Å². The molecule has 0 spiro atoms. The van der Waals surface area contributed by atoms with Crippen molar-refractivity contribution in [1.82, 2.24) is 0 Å². The number of carbonyl (C=O) groups excluding carboxylic acids is 1. The second-order valence-corrected chi connectivity index (χ2v) is 14.8. The molecule has 0 aromatic rings. The number of carbonyl (C=O) groups is 1. The molecule has 0 saturated carbocycles. The first-order valence-corrected chi connectivity index (χ1v) is 21.4. The minimum Gasteiger partial charge on any atom is -0.457 e. The summed E-state index contributed by atoms with van der Waals surface area (Å²) in [6.45, 7) is 3.23. The molecule has 2 heterocycles. The number of hydrogen-bond donors (Lipinski definition) is 7. The van der Waals surface area contributed by atoms with Crippen LogP contribution in [0, 0.1) is 0 Å². The second-order valence-electron chi connectivity index (χ2n) is 14.8. The minimum atomic E-state index is -1.71. The van der Waals surface area contributed by atoms with E-state index in [2.05, 4.69) is 67.7 Å². The first kappa shape index (κ1) is 51.8. The number of aliphatic hydroxyl groups excluding tert-OH is 7. The highest BCUT2D eigenvalue weighted by Gasteiger charge is 2.47. The summed E-state index contributed by atoms with van der Waals surface area (Å²) in [4.78, 5) is 12.5. The number of hydrogen-bond acceptors (Lipinski definition) is 14. The van der Waals surface area contributed by atoms with Gasteiger partial charge in [-0.1, -0.05) is 107 Å². The molecule has 0 amide bonds. The smallest absolute Gasteiger partial charge is 0.306 e. The lowest BCUT2D eigenvalue weighted by molar-refractivity contribution is -0.332. The Balaban J connectivity index is 1.66. The van der Waals surface area contributed by atoms with Gasteiger partial charge in [-0.3, -0.25) is 4.79 Å². The molecule has 0 aliphatic carbocycles. The van der Waals surface area contributed by atoms with Crippen molar-refractivity contribution in [1.29, 1.82) is 0 Å². The first-order chi connectivity index (χ1) is 28.1. The van der Waals surface area contributed by atoms with E-state index in [0.717, 1.165) is 77.0 Å². The molecule has 2 fully saturated rings. The Morgan fingerprint density at radius 1 is 0.586 bits per heavy atom. The fraction of sp³-hybridized carbons (Fsp3) is 0.750. The van der Waals surface area contributed by atoms with Gasteiger partial charge in [0.15, 0.2) is 12.6 Å². The van der Waals surface area contributed by atoms with Crippen LogP contribution in [-0.2, 0) is 33.2 Å². The third-order valence-corrected chi connectivity index (χ3v) is 9.79. The summed E-state index contributed by atoms with van der Waals surface area (Å²) in [6.07, 6.45) is 20.1. The highest BCUT2D eigenvalue weighted by Crippen LogP contribution is 2.26. The van der Waals surface area contributed by atoms with Crippen molar-refractivity contribution in [2.24, 2.45) is 0 Å². The van der Waals surface area contributed by atoms with Gasteiger partial charge in [-0.25, -0.2) is 0 Å². The number of aliphatic hydroxyl groups is 7. The molecule has 11 atom stereocenters. The second kappa shape index (κ2) is 32.5. The topological polar surface area (TPSA) is 214 Å².